The molecule has 7 heteroatoms. The van der Waals surface area contributed by atoms with E-state index in [-0.39, 0.29) is 41.5 Å². The summed E-state index contributed by atoms with van der Waals surface area (Å²) in [6.07, 6.45) is 5.54. The fraction of sp³-hybridized carbons (Fsp3) is 0.538. The molecular formula is C26H32N4O3. The van der Waals surface area contributed by atoms with Crippen LogP contribution in [0.5, 0.6) is 0 Å². The standard InChI is InChI=1S/C26H32N4O3/c1-18(2)16-22(30-24(31)20-10-6-7-11-21(20)25(30)32)26(33)29-14-12-28(13-15-29)23(17-27)19-8-4-3-5-9-19/h3-9,18,20-23H,10-16H2,1-2H3. The molecule has 7 nitrogen and oxygen atoms in total. The number of carbonyl (C=O) groups is 3. The number of piperazine rings is 1. The van der Waals surface area contributed by atoms with E-state index >= 15 is 0 Å². The average Bonchev–Trinajstić information content (AvgIpc) is 3.09. The lowest BCUT2D eigenvalue weighted by Crippen LogP contribution is -2.56. The molecule has 4 rings (SSSR count). The number of benzene rings is 1. The highest BCUT2D eigenvalue weighted by molar-refractivity contribution is 6.08. The highest BCUT2D eigenvalue weighted by Crippen LogP contribution is 2.37. The van der Waals surface area contributed by atoms with Gasteiger partial charge >= 0.3 is 0 Å². The van der Waals surface area contributed by atoms with Crippen LogP contribution in [0.15, 0.2) is 42.5 Å². The number of nitriles is 1. The van der Waals surface area contributed by atoms with Crippen molar-refractivity contribution in [3.8, 4) is 6.07 Å². The van der Waals surface area contributed by atoms with E-state index in [1.807, 2.05) is 56.3 Å². The Balaban J connectivity index is 1.47. The Labute approximate surface area is 195 Å². The lowest BCUT2D eigenvalue weighted by atomic mass is 9.85. The molecule has 4 unspecified atom stereocenters. The fourth-order valence-corrected chi connectivity index (χ4v) is 5.31. The summed E-state index contributed by atoms with van der Waals surface area (Å²) in [7, 11) is 0. The lowest BCUT2D eigenvalue weighted by molar-refractivity contribution is -0.153. The van der Waals surface area contributed by atoms with Gasteiger partial charge in [0.15, 0.2) is 0 Å². The van der Waals surface area contributed by atoms with E-state index in [0.29, 0.717) is 45.4 Å². The maximum Gasteiger partial charge on any atom is 0.245 e. The Morgan fingerprint density at radius 3 is 2.09 bits per heavy atom. The zero-order valence-electron chi connectivity index (χ0n) is 19.4. The predicted molar refractivity (Wildman–Crippen MR) is 123 cm³/mol. The van der Waals surface area contributed by atoms with Crippen LogP contribution in [0.2, 0.25) is 0 Å². The van der Waals surface area contributed by atoms with E-state index in [9.17, 15) is 19.6 Å². The molecular weight excluding hydrogens is 416 g/mol. The molecule has 4 atom stereocenters. The molecule has 0 radical (unpaired) electrons. The normalized spacial score (nSPS) is 25.2. The van der Waals surface area contributed by atoms with Crippen LogP contribution < -0.4 is 0 Å². The van der Waals surface area contributed by atoms with Crippen molar-refractivity contribution in [1.82, 2.24) is 14.7 Å². The fourth-order valence-electron chi connectivity index (χ4n) is 5.31. The minimum absolute atomic E-state index is 0.148. The van der Waals surface area contributed by atoms with Crippen LogP contribution in [-0.4, -0.2) is 64.6 Å². The highest BCUT2D eigenvalue weighted by Gasteiger charge is 2.51. The average molecular weight is 449 g/mol. The van der Waals surface area contributed by atoms with Gasteiger partial charge in [0.2, 0.25) is 17.7 Å². The third kappa shape index (κ3) is 4.58. The number of allylic oxidation sites excluding steroid dienone is 2. The highest BCUT2D eigenvalue weighted by atomic mass is 16.2. The van der Waals surface area contributed by atoms with E-state index in [1.54, 1.807) is 4.90 Å². The summed E-state index contributed by atoms with van der Waals surface area (Å²) >= 11 is 0. The molecule has 0 bridgehead atoms. The van der Waals surface area contributed by atoms with Gasteiger partial charge in [-0.1, -0.05) is 56.3 Å². The SMILES string of the molecule is CC(C)CC(C(=O)N1CCN(C(C#N)c2ccccc2)CC1)N1C(=O)C2CC=CCC2C1=O. The second-order valence-corrected chi connectivity index (χ2v) is 9.65. The summed E-state index contributed by atoms with van der Waals surface area (Å²) < 4.78 is 0. The van der Waals surface area contributed by atoms with Crippen molar-refractivity contribution in [1.29, 1.82) is 5.26 Å². The van der Waals surface area contributed by atoms with Crippen LogP contribution in [0.1, 0.15) is 44.7 Å². The predicted octanol–water partition coefficient (Wildman–Crippen LogP) is 2.76. The molecule has 1 aromatic rings. The van der Waals surface area contributed by atoms with Crippen LogP contribution in [0, 0.1) is 29.1 Å². The first-order valence-corrected chi connectivity index (χ1v) is 11.9. The van der Waals surface area contributed by atoms with Crippen LogP contribution in [0.3, 0.4) is 0 Å². The number of amides is 3. The van der Waals surface area contributed by atoms with Gasteiger partial charge in [0, 0.05) is 26.2 Å². The summed E-state index contributed by atoms with van der Waals surface area (Å²) in [5.41, 5.74) is 0.946. The molecule has 174 valence electrons. The first-order chi connectivity index (χ1) is 15.9. The van der Waals surface area contributed by atoms with Crippen molar-refractivity contribution in [2.75, 3.05) is 26.2 Å². The second-order valence-electron chi connectivity index (χ2n) is 9.65. The number of fused-ring (bicyclic) bond motifs is 1. The Morgan fingerprint density at radius 1 is 1.00 bits per heavy atom. The van der Waals surface area contributed by atoms with E-state index in [0.717, 1.165) is 5.56 Å². The Hall–Kier alpha value is -2.98. The summed E-state index contributed by atoms with van der Waals surface area (Å²) in [5.74, 6) is -1.03. The number of carbonyl (C=O) groups excluding carboxylic acids is 3. The maximum absolute atomic E-state index is 13.6. The number of likely N-dealkylation sites (tertiary alicyclic amines) is 1. The second kappa shape index (κ2) is 9.88. The van der Waals surface area contributed by atoms with Gasteiger partial charge in [-0.15, -0.1) is 0 Å². The number of nitrogens with zero attached hydrogens (tertiary/aromatic N) is 4. The van der Waals surface area contributed by atoms with E-state index in [4.69, 9.17) is 0 Å². The van der Waals surface area contributed by atoms with Crippen LogP contribution in [-0.2, 0) is 14.4 Å². The number of rotatable bonds is 6. The van der Waals surface area contributed by atoms with Gasteiger partial charge < -0.3 is 4.90 Å². The van der Waals surface area contributed by atoms with Gasteiger partial charge in [0.05, 0.1) is 17.9 Å². The molecule has 0 saturated carbocycles. The van der Waals surface area contributed by atoms with Gasteiger partial charge in [-0.05, 0) is 30.7 Å². The number of hydrogen-bond acceptors (Lipinski definition) is 5. The summed E-state index contributed by atoms with van der Waals surface area (Å²) in [4.78, 5) is 45.1. The smallest absolute Gasteiger partial charge is 0.245 e. The number of imide groups is 1. The first-order valence-electron chi connectivity index (χ1n) is 11.9. The van der Waals surface area contributed by atoms with Gasteiger partial charge in [-0.3, -0.25) is 24.2 Å². The van der Waals surface area contributed by atoms with E-state index in [1.165, 1.54) is 4.90 Å². The largest absolute Gasteiger partial charge is 0.338 e. The van der Waals surface area contributed by atoms with Crippen molar-refractivity contribution < 1.29 is 14.4 Å². The van der Waals surface area contributed by atoms with Gasteiger partial charge in [0.1, 0.15) is 12.1 Å². The molecule has 0 spiro atoms. The quantitative estimate of drug-likeness (QED) is 0.494. The van der Waals surface area contributed by atoms with Gasteiger partial charge in [0.25, 0.3) is 0 Å². The molecule has 1 aliphatic carbocycles. The van der Waals surface area contributed by atoms with Gasteiger partial charge in [-0.2, -0.15) is 5.26 Å². The first kappa shape index (κ1) is 23.2. The molecule has 2 saturated heterocycles. The molecule has 3 aliphatic rings. The zero-order valence-corrected chi connectivity index (χ0v) is 19.4. The summed E-state index contributed by atoms with van der Waals surface area (Å²) in [6, 6.07) is 11.0. The minimum atomic E-state index is -0.747. The zero-order chi connectivity index (χ0) is 23.5. The topological polar surface area (TPSA) is 84.7 Å². The molecule has 0 N–H and O–H groups in total. The summed E-state index contributed by atoms with van der Waals surface area (Å²) in [6.45, 7) is 6.12. The molecule has 2 aliphatic heterocycles. The van der Waals surface area contributed by atoms with Crippen LogP contribution >= 0.6 is 0 Å². The maximum atomic E-state index is 13.6. The molecule has 2 fully saturated rings. The molecule has 0 aromatic heterocycles. The molecule has 1 aromatic carbocycles. The molecule has 3 amide bonds. The Bertz CT molecular complexity index is 933. The Morgan fingerprint density at radius 2 is 1.58 bits per heavy atom. The van der Waals surface area contributed by atoms with Crippen molar-refractivity contribution >= 4 is 17.7 Å². The van der Waals surface area contributed by atoms with Crippen molar-refractivity contribution in [2.45, 2.75) is 45.2 Å². The van der Waals surface area contributed by atoms with Crippen molar-refractivity contribution in [2.24, 2.45) is 17.8 Å². The third-order valence-electron chi connectivity index (χ3n) is 7.06. The van der Waals surface area contributed by atoms with Gasteiger partial charge in [-0.25, -0.2) is 0 Å². The molecule has 33 heavy (non-hydrogen) atoms. The van der Waals surface area contributed by atoms with Crippen LogP contribution in [0.25, 0.3) is 0 Å². The Kier molecular flexibility index (Phi) is 6.94. The van der Waals surface area contributed by atoms with E-state index in [2.05, 4.69) is 11.0 Å². The lowest BCUT2D eigenvalue weighted by Gasteiger charge is -2.39. The summed E-state index contributed by atoms with van der Waals surface area (Å²) in [5, 5.41) is 9.74. The monoisotopic (exact) mass is 448 g/mol. The third-order valence-corrected chi connectivity index (χ3v) is 7.06. The minimum Gasteiger partial charge on any atom is -0.338 e. The van der Waals surface area contributed by atoms with Crippen LogP contribution in [0.4, 0.5) is 0 Å². The van der Waals surface area contributed by atoms with Crippen molar-refractivity contribution in [3.63, 3.8) is 0 Å². The van der Waals surface area contributed by atoms with Crippen molar-refractivity contribution in [3.05, 3.63) is 48.0 Å². The molecule has 2 heterocycles. The number of hydrogen-bond donors (Lipinski definition) is 0. The van der Waals surface area contributed by atoms with E-state index < -0.39 is 6.04 Å².